The molecule has 0 aromatic heterocycles. The molecule has 0 bridgehead atoms. The lowest BCUT2D eigenvalue weighted by Crippen LogP contribution is -2.36. The first-order valence-corrected chi connectivity index (χ1v) is 10.5. The van der Waals surface area contributed by atoms with E-state index in [1.165, 1.54) is 0 Å². The largest absolute Gasteiger partial charge is 0.466 e. The van der Waals surface area contributed by atoms with Crippen LogP contribution in [0.1, 0.15) is 45.1 Å². The number of alkyl carbamates (subject to hydrolysis) is 1. The highest BCUT2D eigenvalue weighted by Crippen LogP contribution is 2.03. The second kappa shape index (κ2) is 16.2. The summed E-state index contributed by atoms with van der Waals surface area (Å²) < 4.78 is 15.1. The molecule has 0 fully saturated rings. The number of carbonyl (C=O) groups excluding carboxylic acids is 3. The molecule has 1 amide bonds. The summed E-state index contributed by atoms with van der Waals surface area (Å²) in [7, 11) is 0. The second-order valence-corrected chi connectivity index (χ2v) is 6.65. The first kappa shape index (κ1) is 25.4. The molecule has 0 aliphatic heterocycles. The van der Waals surface area contributed by atoms with Crippen molar-refractivity contribution in [2.24, 2.45) is 0 Å². The van der Waals surface area contributed by atoms with Crippen molar-refractivity contribution in [2.45, 2.75) is 46.1 Å². The lowest BCUT2D eigenvalue weighted by atomic mass is 10.2. The number of benzene rings is 1. The van der Waals surface area contributed by atoms with Crippen LogP contribution in [0, 0.1) is 0 Å². The maximum absolute atomic E-state index is 11.9. The van der Waals surface area contributed by atoms with Crippen LogP contribution in [0.25, 0.3) is 0 Å². The zero-order valence-electron chi connectivity index (χ0n) is 18.1. The fourth-order valence-corrected chi connectivity index (χ4v) is 2.79. The molecule has 0 heterocycles. The molecule has 0 aliphatic rings. The number of nitrogens with one attached hydrogen (secondary N) is 1. The Bertz CT molecular complexity index is 599. The van der Waals surface area contributed by atoms with Crippen LogP contribution in [0.2, 0.25) is 0 Å². The van der Waals surface area contributed by atoms with E-state index in [0.717, 1.165) is 5.56 Å². The Morgan fingerprint density at radius 1 is 0.833 bits per heavy atom. The Kier molecular flexibility index (Phi) is 13.7. The molecule has 1 N–H and O–H groups in total. The van der Waals surface area contributed by atoms with Crippen LogP contribution in [0.3, 0.4) is 0 Å². The summed E-state index contributed by atoms with van der Waals surface area (Å²) in [5.41, 5.74) is 0.923. The van der Waals surface area contributed by atoms with Gasteiger partial charge in [0.25, 0.3) is 0 Å². The zero-order valence-corrected chi connectivity index (χ0v) is 18.1. The summed E-state index contributed by atoms with van der Waals surface area (Å²) in [6.45, 7) is 6.86. The lowest BCUT2D eigenvalue weighted by Gasteiger charge is -2.22. The van der Waals surface area contributed by atoms with Crippen molar-refractivity contribution in [2.75, 3.05) is 39.4 Å². The van der Waals surface area contributed by atoms with E-state index in [9.17, 15) is 14.4 Å². The molecular weight excluding hydrogens is 388 g/mol. The number of ether oxygens (including phenoxy) is 3. The summed E-state index contributed by atoms with van der Waals surface area (Å²) in [4.78, 5) is 37.0. The van der Waals surface area contributed by atoms with Crippen molar-refractivity contribution in [1.82, 2.24) is 10.2 Å². The van der Waals surface area contributed by atoms with Gasteiger partial charge in [0.15, 0.2) is 0 Å². The molecule has 1 rings (SSSR count). The highest BCUT2D eigenvalue weighted by Gasteiger charge is 2.10. The van der Waals surface area contributed by atoms with Crippen LogP contribution >= 0.6 is 0 Å². The maximum Gasteiger partial charge on any atom is 0.407 e. The fraction of sp³-hybridized carbons (Fsp3) is 0.591. The number of carbonyl (C=O) groups is 3. The Balaban J connectivity index is 2.33. The third-order valence-electron chi connectivity index (χ3n) is 4.23. The maximum atomic E-state index is 11.9. The van der Waals surface area contributed by atoms with Gasteiger partial charge in [-0.1, -0.05) is 30.3 Å². The standard InChI is InChI=1S/C22H34N2O6/c1-3-28-20(25)12-8-15-24(16-9-13-21(26)29-4-2)17-14-23-22(27)30-18-19-10-6-5-7-11-19/h5-7,10-11H,3-4,8-9,12-18H2,1-2H3,(H,23,27). The molecule has 8 heteroatoms. The summed E-state index contributed by atoms with van der Waals surface area (Å²) in [5.74, 6) is -0.432. The monoisotopic (exact) mass is 422 g/mol. The van der Waals surface area contributed by atoms with E-state index in [2.05, 4.69) is 10.2 Å². The van der Waals surface area contributed by atoms with Crippen LogP contribution < -0.4 is 5.32 Å². The van der Waals surface area contributed by atoms with Crippen molar-refractivity contribution in [1.29, 1.82) is 0 Å². The van der Waals surface area contributed by atoms with Crippen LogP contribution in [0.15, 0.2) is 30.3 Å². The first-order chi connectivity index (χ1) is 14.5. The van der Waals surface area contributed by atoms with Gasteiger partial charge in [-0.15, -0.1) is 0 Å². The Labute approximate surface area is 178 Å². The third-order valence-corrected chi connectivity index (χ3v) is 4.23. The molecular formula is C22H34N2O6. The Hall–Kier alpha value is -2.61. The molecule has 0 saturated heterocycles. The number of hydrogen-bond acceptors (Lipinski definition) is 7. The average molecular weight is 423 g/mol. The molecule has 0 spiro atoms. The third kappa shape index (κ3) is 12.8. The van der Waals surface area contributed by atoms with Gasteiger partial charge in [-0.05, 0) is 45.3 Å². The number of rotatable bonds is 15. The van der Waals surface area contributed by atoms with Crippen LogP contribution in [-0.4, -0.2) is 62.3 Å². The number of amides is 1. The smallest absolute Gasteiger partial charge is 0.407 e. The van der Waals surface area contributed by atoms with E-state index in [1.54, 1.807) is 13.8 Å². The molecule has 0 atom stereocenters. The molecule has 30 heavy (non-hydrogen) atoms. The molecule has 1 aromatic rings. The van der Waals surface area contributed by atoms with Crippen molar-refractivity contribution in [3.8, 4) is 0 Å². The summed E-state index contributed by atoms with van der Waals surface area (Å²) in [6.07, 6.45) is 1.51. The molecule has 0 aliphatic carbocycles. The molecule has 8 nitrogen and oxygen atoms in total. The fourth-order valence-electron chi connectivity index (χ4n) is 2.79. The molecule has 168 valence electrons. The van der Waals surface area contributed by atoms with E-state index in [-0.39, 0.29) is 18.5 Å². The van der Waals surface area contributed by atoms with Crippen molar-refractivity contribution in [3.05, 3.63) is 35.9 Å². The zero-order chi connectivity index (χ0) is 22.0. The van der Waals surface area contributed by atoms with Crippen molar-refractivity contribution in [3.63, 3.8) is 0 Å². The van der Waals surface area contributed by atoms with Gasteiger partial charge in [-0.2, -0.15) is 0 Å². The van der Waals surface area contributed by atoms with Gasteiger partial charge in [0.2, 0.25) is 0 Å². The van der Waals surface area contributed by atoms with E-state index in [1.807, 2.05) is 30.3 Å². The minimum Gasteiger partial charge on any atom is -0.466 e. The normalized spacial score (nSPS) is 10.5. The van der Waals surface area contributed by atoms with E-state index < -0.39 is 6.09 Å². The molecule has 1 aromatic carbocycles. The van der Waals surface area contributed by atoms with E-state index in [0.29, 0.717) is 65.1 Å². The molecule has 0 saturated carbocycles. The minimum absolute atomic E-state index is 0.216. The van der Waals surface area contributed by atoms with Gasteiger partial charge in [0, 0.05) is 25.9 Å². The topological polar surface area (TPSA) is 94.2 Å². The Morgan fingerprint density at radius 2 is 1.40 bits per heavy atom. The van der Waals surface area contributed by atoms with Crippen LogP contribution in [0.4, 0.5) is 4.79 Å². The summed E-state index contributed by atoms with van der Waals surface area (Å²) >= 11 is 0. The van der Waals surface area contributed by atoms with Gasteiger partial charge in [-0.25, -0.2) is 4.79 Å². The highest BCUT2D eigenvalue weighted by molar-refractivity contribution is 5.69. The van der Waals surface area contributed by atoms with Gasteiger partial charge in [0.1, 0.15) is 6.61 Å². The highest BCUT2D eigenvalue weighted by atomic mass is 16.5. The van der Waals surface area contributed by atoms with Crippen molar-refractivity contribution < 1.29 is 28.6 Å². The van der Waals surface area contributed by atoms with Gasteiger partial charge >= 0.3 is 18.0 Å². The van der Waals surface area contributed by atoms with Gasteiger partial charge in [0.05, 0.1) is 13.2 Å². The molecule has 0 unspecified atom stereocenters. The number of hydrogen-bond donors (Lipinski definition) is 1. The quantitative estimate of drug-likeness (QED) is 0.343. The van der Waals surface area contributed by atoms with Crippen LogP contribution in [0.5, 0.6) is 0 Å². The second-order valence-electron chi connectivity index (χ2n) is 6.65. The van der Waals surface area contributed by atoms with E-state index in [4.69, 9.17) is 14.2 Å². The minimum atomic E-state index is -0.475. The predicted molar refractivity (Wildman–Crippen MR) is 113 cm³/mol. The number of nitrogens with zero attached hydrogens (tertiary/aromatic N) is 1. The molecule has 0 radical (unpaired) electrons. The van der Waals surface area contributed by atoms with Crippen LogP contribution in [-0.2, 0) is 30.4 Å². The van der Waals surface area contributed by atoms with Crippen molar-refractivity contribution >= 4 is 18.0 Å². The lowest BCUT2D eigenvalue weighted by molar-refractivity contribution is -0.144. The predicted octanol–water partition coefficient (Wildman–Crippen LogP) is 2.90. The SMILES string of the molecule is CCOC(=O)CCCN(CCCC(=O)OCC)CCNC(=O)OCc1ccccc1. The van der Waals surface area contributed by atoms with Gasteiger partial charge in [-0.3, -0.25) is 9.59 Å². The Morgan fingerprint density at radius 3 is 1.93 bits per heavy atom. The summed E-state index contributed by atoms with van der Waals surface area (Å²) in [6, 6.07) is 9.47. The van der Waals surface area contributed by atoms with E-state index >= 15 is 0 Å². The van der Waals surface area contributed by atoms with Gasteiger partial charge < -0.3 is 24.4 Å². The number of esters is 2. The summed E-state index contributed by atoms with van der Waals surface area (Å²) in [5, 5.41) is 2.74. The first-order valence-electron chi connectivity index (χ1n) is 10.5. The average Bonchev–Trinajstić information content (AvgIpc) is 2.73.